The first-order valence-electron chi connectivity index (χ1n) is 6.83. The lowest BCUT2D eigenvalue weighted by molar-refractivity contribution is -0.577. The van der Waals surface area contributed by atoms with E-state index >= 15 is 0 Å². The molecule has 0 aliphatic heterocycles. The van der Waals surface area contributed by atoms with E-state index in [0.717, 1.165) is 5.56 Å². The molecular weight excluding hydrogens is 336 g/mol. The first kappa shape index (κ1) is 15.7. The van der Waals surface area contributed by atoms with Crippen molar-refractivity contribution in [3.8, 4) is 11.3 Å². The molecule has 2 heterocycles. The Hall–Kier alpha value is -3.20. The summed E-state index contributed by atoms with van der Waals surface area (Å²) < 4.78 is 0. The Morgan fingerprint density at radius 1 is 1.38 bits per heavy atom. The summed E-state index contributed by atoms with van der Waals surface area (Å²) in [6, 6.07) is 8.86. The lowest BCUT2D eigenvalue weighted by Gasteiger charge is -2.03. The highest BCUT2D eigenvalue weighted by atomic mass is 35.5. The third kappa shape index (κ3) is 3.25. The Bertz CT molecular complexity index is 926. The van der Waals surface area contributed by atoms with E-state index in [-0.39, 0.29) is 10.8 Å². The first-order chi connectivity index (χ1) is 11.5. The number of carboxylic acids is 1. The van der Waals surface area contributed by atoms with Gasteiger partial charge in [-0.15, -0.1) is 5.43 Å². The highest BCUT2D eigenvalue weighted by Crippen LogP contribution is 2.30. The van der Waals surface area contributed by atoms with Crippen LogP contribution in [0.15, 0.2) is 36.5 Å². The number of hydrazine groups is 2. The van der Waals surface area contributed by atoms with E-state index in [0.29, 0.717) is 21.6 Å². The van der Waals surface area contributed by atoms with Gasteiger partial charge in [0, 0.05) is 11.8 Å². The number of pyridine rings is 1. The Morgan fingerprint density at radius 3 is 2.96 bits per heavy atom. The minimum absolute atomic E-state index is 0.185. The molecule has 0 saturated heterocycles. The zero-order chi connectivity index (χ0) is 17.1. The van der Waals surface area contributed by atoms with Gasteiger partial charge in [-0.3, -0.25) is 14.9 Å². The molecule has 2 aromatic heterocycles. The molecule has 3 aromatic rings. The van der Waals surface area contributed by atoms with Crippen LogP contribution in [0.4, 0.5) is 5.82 Å². The van der Waals surface area contributed by atoms with E-state index in [1.807, 2.05) is 6.07 Å². The predicted octanol–water partition coefficient (Wildman–Crippen LogP) is 1.97. The maximum Gasteiger partial charge on any atom is 0.328 e. The molecule has 0 fully saturated rings. The van der Waals surface area contributed by atoms with Gasteiger partial charge in [-0.2, -0.15) is 5.10 Å². The quantitative estimate of drug-likeness (QED) is 0.397. The normalized spacial score (nSPS) is 10.5. The number of rotatable bonds is 6. The average molecular weight is 348 g/mol. The fourth-order valence-electron chi connectivity index (χ4n) is 2.12. The molecular formula is C14H12ClN6O3+. The zero-order valence-corrected chi connectivity index (χ0v) is 12.9. The van der Waals surface area contributed by atoms with Gasteiger partial charge >= 0.3 is 5.97 Å². The SMILES string of the molecule is O=C(O)CN[N+](=O)Nc1n[nH]c2ccc(-c3ncccc3Cl)cc12. The molecule has 0 unspecified atom stereocenters. The molecule has 1 aromatic carbocycles. The Balaban J connectivity index is 1.91. The summed E-state index contributed by atoms with van der Waals surface area (Å²) in [5.41, 5.74) is 6.60. The van der Waals surface area contributed by atoms with Gasteiger partial charge in [0.1, 0.15) is 0 Å². The second-order valence-corrected chi connectivity index (χ2v) is 5.21. The van der Waals surface area contributed by atoms with Crippen molar-refractivity contribution in [2.45, 2.75) is 0 Å². The number of fused-ring (bicyclic) bond motifs is 1. The number of hydrogen-bond donors (Lipinski definition) is 4. The zero-order valence-electron chi connectivity index (χ0n) is 12.2. The lowest BCUT2D eigenvalue weighted by atomic mass is 10.1. The number of nitroso groups, excluding NO2 is 1. The fourth-order valence-corrected chi connectivity index (χ4v) is 2.35. The molecule has 3 rings (SSSR count). The lowest BCUT2D eigenvalue weighted by Crippen LogP contribution is -2.35. The van der Waals surface area contributed by atoms with Crippen molar-refractivity contribution in [1.29, 1.82) is 0 Å². The van der Waals surface area contributed by atoms with E-state index in [1.165, 1.54) is 0 Å². The van der Waals surface area contributed by atoms with Crippen LogP contribution < -0.4 is 10.9 Å². The molecule has 10 heteroatoms. The molecule has 0 amide bonds. The van der Waals surface area contributed by atoms with Crippen molar-refractivity contribution < 1.29 is 14.9 Å². The molecule has 24 heavy (non-hydrogen) atoms. The predicted molar refractivity (Wildman–Crippen MR) is 87.2 cm³/mol. The molecule has 9 nitrogen and oxygen atoms in total. The standard InChI is InChI=1S/C14H11ClN6O3/c15-10-2-1-5-16-13(10)8-3-4-11-9(6-8)14(19-18-11)20-21(24)17-7-12(22)23/h1-6H,7H2,(H3-,16,17,18,19,20,22,23,24)/p+1. The summed E-state index contributed by atoms with van der Waals surface area (Å²) in [5.74, 6) is -0.914. The summed E-state index contributed by atoms with van der Waals surface area (Å²) in [5, 5.41) is 16.5. The van der Waals surface area contributed by atoms with Gasteiger partial charge in [-0.1, -0.05) is 23.1 Å². The highest BCUT2D eigenvalue weighted by molar-refractivity contribution is 6.33. The molecule has 122 valence electrons. The minimum Gasteiger partial charge on any atom is -0.480 e. The van der Waals surface area contributed by atoms with Crippen LogP contribution in [-0.4, -0.2) is 37.8 Å². The van der Waals surface area contributed by atoms with Crippen molar-refractivity contribution in [3.05, 3.63) is 46.5 Å². The number of anilines is 1. The second kappa shape index (κ2) is 6.50. The molecule has 0 saturated carbocycles. The molecule has 0 aliphatic carbocycles. The maximum absolute atomic E-state index is 11.6. The fraction of sp³-hybridized carbons (Fsp3) is 0.0714. The highest BCUT2D eigenvalue weighted by Gasteiger charge is 2.16. The van der Waals surface area contributed by atoms with Gasteiger partial charge in [0.25, 0.3) is 4.98 Å². The van der Waals surface area contributed by atoms with E-state index in [9.17, 15) is 9.70 Å². The van der Waals surface area contributed by atoms with Gasteiger partial charge in [0.15, 0.2) is 6.54 Å². The minimum atomic E-state index is -1.16. The molecule has 0 aliphatic rings. The smallest absolute Gasteiger partial charge is 0.328 e. The topological polar surface area (TPSA) is 123 Å². The van der Waals surface area contributed by atoms with Crippen LogP contribution in [0.5, 0.6) is 0 Å². The number of carbonyl (C=O) groups is 1. The Kier molecular flexibility index (Phi) is 4.25. The summed E-state index contributed by atoms with van der Waals surface area (Å²) in [4.78, 5) is 26.5. The monoisotopic (exact) mass is 347 g/mol. The number of nitrogens with zero attached hydrogens (tertiary/aromatic N) is 3. The number of hydrogen-bond acceptors (Lipinski definition) is 4. The van der Waals surface area contributed by atoms with Crippen molar-refractivity contribution in [2.24, 2.45) is 0 Å². The van der Waals surface area contributed by atoms with Crippen LogP contribution in [0.2, 0.25) is 5.02 Å². The van der Waals surface area contributed by atoms with Gasteiger partial charge in [0.2, 0.25) is 5.82 Å². The van der Waals surface area contributed by atoms with Crippen LogP contribution in [0, 0.1) is 4.91 Å². The third-order valence-corrected chi connectivity index (χ3v) is 3.48. The number of aromatic amines is 1. The third-order valence-electron chi connectivity index (χ3n) is 3.18. The van der Waals surface area contributed by atoms with Crippen LogP contribution in [0.3, 0.4) is 0 Å². The van der Waals surface area contributed by atoms with E-state index in [4.69, 9.17) is 16.7 Å². The number of halogens is 1. The Labute approximate surface area is 140 Å². The maximum atomic E-state index is 11.6. The molecule has 4 N–H and O–H groups in total. The van der Waals surface area contributed by atoms with Gasteiger partial charge in [-0.05, 0) is 24.3 Å². The van der Waals surface area contributed by atoms with E-state index in [1.54, 1.807) is 30.5 Å². The number of benzene rings is 1. The molecule has 0 radical (unpaired) electrons. The average Bonchev–Trinajstić information content (AvgIpc) is 2.95. The Morgan fingerprint density at radius 2 is 2.21 bits per heavy atom. The van der Waals surface area contributed by atoms with Gasteiger partial charge < -0.3 is 5.11 Å². The second-order valence-electron chi connectivity index (χ2n) is 4.80. The summed E-state index contributed by atoms with van der Waals surface area (Å²) in [6.45, 7) is -0.520. The van der Waals surface area contributed by atoms with E-state index in [2.05, 4.69) is 26.0 Å². The number of nitrogens with one attached hydrogen (secondary N) is 3. The number of aromatic nitrogens is 3. The summed E-state index contributed by atoms with van der Waals surface area (Å²) >= 11 is 6.15. The van der Waals surface area contributed by atoms with Crippen molar-refractivity contribution >= 4 is 34.3 Å². The molecule has 0 spiro atoms. The van der Waals surface area contributed by atoms with E-state index < -0.39 is 12.5 Å². The van der Waals surface area contributed by atoms with Crippen LogP contribution >= 0.6 is 11.6 Å². The molecule has 0 bridgehead atoms. The summed E-state index contributed by atoms with van der Waals surface area (Å²) in [6.07, 6.45) is 1.63. The van der Waals surface area contributed by atoms with Crippen LogP contribution in [0.25, 0.3) is 22.2 Å². The van der Waals surface area contributed by atoms with Crippen LogP contribution in [0.1, 0.15) is 0 Å². The van der Waals surface area contributed by atoms with Gasteiger partial charge in [-0.25, -0.2) is 0 Å². The number of carboxylic acid groups (broad SMARTS) is 1. The number of aliphatic carboxylic acids is 1. The van der Waals surface area contributed by atoms with Crippen molar-refractivity contribution in [3.63, 3.8) is 0 Å². The largest absolute Gasteiger partial charge is 0.480 e. The van der Waals surface area contributed by atoms with Crippen molar-refractivity contribution in [2.75, 3.05) is 12.0 Å². The van der Waals surface area contributed by atoms with Crippen LogP contribution in [-0.2, 0) is 4.79 Å². The van der Waals surface area contributed by atoms with Gasteiger partial charge in [0.05, 0.1) is 26.5 Å². The number of H-pyrrole nitrogens is 1. The molecule has 0 atom stereocenters. The van der Waals surface area contributed by atoms with Crippen molar-refractivity contribution in [1.82, 2.24) is 20.6 Å². The first-order valence-corrected chi connectivity index (χ1v) is 7.20. The summed E-state index contributed by atoms with van der Waals surface area (Å²) in [7, 11) is 0.